The molecule has 196 valence electrons. The van der Waals surface area contributed by atoms with Crippen LogP contribution in [0.1, 0.15) is 70.4 Å². The van der Waals surface area contributed by atoms with Crippen LogP contribution in [0.15, 0.2) is 48.5 Å². The normalized spacial score (nSPS) is 18.9. The summed E-state index contributed by atoms with van der Waals surface area (Å²) in [5.74, 6) is 0.630. The number of fused-ring (bicyclic) bond motifs is 3. The highest BCUT2D eigenvalue weighted by atomic mass is 16.6. The number of hydrogen-bond acceptors (Lipinski definition) is 5. The van der Waals surface area contributed by atoms with Gasteiger partial charge in [-0.2, -0.15) is 0 Å². The number of ether oxygens (including phenoxy) is 2. The van der Waals surface area contributed by atoms with Crippen molar-refractivity contribution in [3.63, 3.8) is 0 Å². The quantitative estimate of drug-likeness (QED) is 0.411. The second-order valence-electron chi connectivity index (χ2n) is 11.1. The number of aliphatic hydroxyl groups is 1. The van der Waals surface area contributed by atoms with E-state index in [-0.39, 0.29) is 23.5 Å². The van der Waals surface area contributed by atoms with Gasteiger partial charge in [0.1, 0.15) is 0 Å². The topological polar surface area (TPSA) is 71.0 Å². The molecular weight excluding hydrogens is 452 g/mol. The molecule has 4 rings (SSSR count). The monoisotopic (exact) mass is 494 g/mol. The first kappa shape index (κ1) is 26.8. The summed E-state index contributed by atoms with van der Waals surface area (Å²) in [5.41, 5.74) is 4.62. The molecule has 0 saturated carbocycles. The number of hydrogen-bond donors (Lipinski definition) is 2. The Morgan fingerprint density at radius 1 is 1.11 bits per heavy atom. The molecule has 6 heteroatoms. The van der Waals surface area contributed by atoms with E-state index in [9.17, 15) is 9.90 Å². The third kappa shape index (κ3) is 6.35. The van der Waals surface area contributed by atoms with Gasteiger partial charge < -0.3 is 19.9 Å². The third-order valence-corrected chi connectivity index (χ3v) is 7.47. The lowest BCUT2D eigenvalue weighted by atomic mass is 9.98. The molecule has 1 heterocycles. The number of aliphatic hydroxyl groups excluding tert-OH is 1. The van der Waals surface area contributed by atoms with E-state index in [0.717, 1.165) is 32.3 Å². The van der Waals surface area contributed by atoms with Gasteiger partial charge in [0.15, 0.2) is 0 Å². The van der Waals surface area contributed by atoms with Gasteiger partial charge in [0, 0.05) is 25.6 Å². The van der Waals surface area contributed by atoms with Crippen molar-refractivity contribution in [3.8, 4) is 11.1 Å². The van der Waals surface area contributed by atoms with Crippen LogP contribution in [0.2, 0.25) is 0 Å². The standard InChI is InChI=1S/C30H42N2O4/c1-21(2)15-19-36-30(3,4)16-17-31-28(33)27-14-9-18-32(27)29(34)35-20-26-24-12-7-5-10-22(24)23-11-6-8-13-25(23)26/h5-8,10-13,21,26-27,29,34H,9,14-20H2,1-4H3,(H,31,33). The highest BCUT2D eigenvalue weighted by Gasteiger charge is 2.36. The predicted octanol–water partition coefficient (Wildman–Crippen LogP) is 4.90. The Kier molecular flexibility index (Phi) is 8.83. The largest absolute Gasteiger partial charge is 0.375 e. The fourth-order valence-electron chi connectivity index (χ4n) is 5.30. The van der Waals surface area contributed by atoms with Gasteiger partial charge in [-0.3, -0.25) is 4.79 Å². The van der Waals surface area contributed by atoms with Crippen molar-refractivity contribution in [2.24, 2.45) is 5.92 Å². The van der Waals surface area contributed by atoms with E-state index < -0.39 is 6.41 Å². The van der Waals surface area contributed by atoms with Crippen molar-refractivity contribution < 1.29 is 19.4 Å². The van der Waals surface area contributed by atoms with Crippen LogP contribution in [0.5, 0.6) is 0 Å². The van der Waals surface area contributed by atoms with E-state index in [1.54, 1.807) is 4.90 Å². The minimum Gasteiger partial charge on any atom is -0.375 e. The van der Waals surface area contributed by atoms with Crippen molar-refractivity contribution >= 4 is 5.91 Å². The molecule has 0 radical (unpaired) electrons. The van der Waals surface area contributed by atoms with E-state index in [4.69, 9.17) is 9.47 Å². The molecule has 0 bridgehead atoms. The Bertz CT molecular complexity index is 976. The summed E-state index contributed by atoms with van der Waals surface area (Å²) in [6.07, 6.45) is 2.23. The number of nitrogens with one attached hydrogen (secondary N) is 1. The first-order valence-corrected chi connectivity index (χ1v) is 13.4. The molecule has 0 spiro atoms. The van der Waals surface area contributed by atoms with Gasteiger partial charge in [-0.15, -0.1) is 0 Å². The lowest BCUT2D eigenvalue weighted by Gasteiger charge is -2.30. The van der Waals surface area contributed by atoms with E-state index in [0.29, 0.717) is 25.6 Å². The SMILES string of the molecule is CC(C)CCOC(C)(C)CCNC(=O)C1CCCN1C(O)OCC1c2ccccc2-c2ccccc21. The Balaban J connectivity index is 1.29. The number of benzene rings is 2. The molecule has 1 saturated heterocycles. The summed E-state index contributed by atoms with van der Waals surface area (Å²) in [5, 5.41) is 14.0. The van der Waals surface area contributed by atoms with E-state index >= 15 is 0 Å². The van der Waals surface area contributed by atoms with Gasteiger partial charge in [0.25, 0.3) is 0 Å². The zero-order valence-corrected chi connectivity index (χ0v) is 22.2. The lowest BCUT2D eigenvalue weighted by molar-refractivity contribution is -0.199. The van der Waals surface area contributed by atoms with Crippen LogP contribution in [0.3, 0.4) is 0 Å². The molecule has 36 heavy (non-hydrogen) atoms. The maximum atomic E-state index is 13.0. The molecule has 2 unspecified atom stereocenters. The molecular formula is C30H42N2O4. The van der Waals surface area contributed by atoms with Crippen molar-refractivity contribution in [1.82, 2.24) is 10.2 Å². The molecule has 1 aliphatic heterocycles. The zero-order valence-electron chi connectivity index (χ0n) is 22.2. The fraction of sp³-hybridized carbons (Fsp3) is 0.567. The van der Waals surface area contributed by atoms with Gasteiger partial charge in [0.05, 0.1) is 18.2 Å². The number of nitrogens with zero attached hydrogens (tertiary/aromatic N) is 1. The third-order valence-electron chi connectivity index (χ3n) is 7.47. The average molecular weight is 495 g/mol. The van der Waals surface area contributed by atoms with Crippen molar-refractivity contribution in [2.75, 3.05) is 26.3 Å². The van der Waals surface area contributed by atoms with Crippen LogP contribution in [-0.4, -0.2) is 60.3 Å². The Morgan fingerprint density at radius 3 is 2.39 bits per heavy atom. The molecule has 1 fully saturated rings. The zero-order chi connectivity index (χ0) is 25.7. The summed E-state index contributed by atoms with van der Waals surface area (Å²) >= 11 is 0. The smallest absolute Gasteiger partial charge is 0.237 e. The summed E-state index contributed by atoms with van der Waals surface area (Å²) in [4.78, 5) is 14.8. The molecule has 2 aromatic rings. The summed E-state index contributed by atoms with van der Waals surface area (Å²) in [7, 11) is 0. The Hall–Kier alpha value is -2.25. The maximum Gasteiger partial charge on any atom is 0.237 e. The lowest BCUT2D eigenvalue weighted by Crippen LogP contribution is -2.49. The Morgan fingerprint density at radius 2 is 1.75 bits per heavy atom. The van der Waals surface area contributed by atoms with E-state index in [1.165, 1.54) is 22.3 Å². The summed E-state index contributed by atoms with van der Waals surface area (Å²) in [6, 6.07) is 16.4. The average Bonchev–Trinajstić information content (AvgIpc) is 3.46. The van der Waals surface area contributed by atoms with Gasteiger partial charge in [-0.1, -0.05) is 62.4 Å². The molecule has 2 aromatic carbocycles. The highest BCUT2D eigenvalue weighted by molar-refractivity contribution is 5.82. The first-order valence-electron chi connectivity index (χ1n) is 13.4. The fourth-order valence-corrected chi connectivity index (χ4v) is 5.30. The molecule has 2 aliphatic rings. The number of amides is 1. The summed E-state index contributed by atoms with van der Waals surface area (Å²) in [6.45, 7) is 10.8. The van der Waals surface area contributed by atoms with Crippen molar-refractivity contribution in [2.45, 2.75) is 77.4 Å². The predicted molar refractivity (Wildman–Crippen MR) is 143 cm³/mol. The molecule has 2 atom stereocenters. The van der Waals surface area contributed by atoms with Crippen molar-refractivity contribution in [1.29, 1.82) is 0 Å². The number of rotatable bonds is 12. The van der Waals surface area contributed by atoms with Gasteiger partial charge in [0.2, 0.25) is 12.3 Å². The number of likely N-dealkylation sites (tertiary alicyclic amines) is 1. The van der Waals surface area contributed by atoms with Crippen LogP contribution < -0.4 is 5.32 Å². The second kappa shape index (κ2) is 11.9. The maximum absolute atomic E-state index is 13.0. The van der Waals surface area contributed by atoms with Crippen LogP contribution in [-0.2, 0) is 14.3 Å². The molecule has 0 aromatic heterocycles. The van der Waals surface area contributed by atoms with Crippen molar-refractivity contribution in [3.05, 3.63) is 59.7 Å². The second-order valence-corrected chi connectivity index (χ2v) is 11.1. The van der Waals surface area contributed by atoms with Crippen LogP contribution in [0, 0.1) is 5.92 Å². The highest BCUT2D eigenvalue weighted by Crippen LogP contribution is 2.44. The van der Waals surface area contributed by atoms with Crippen LogP contribution in [0.25, 0.3) is 11.1 Å². The number of carbonyl (C=O) groups is 1. The summed E-state index contributed by atoms with van der Waals surface area (Å²) < 4.78 is 12.0. The van der Waals surface area contributed by atoms with Gasteiger partial charge in [-0.25, -0.2) is 4.90 Å². The van der Waals surface area contributed by atoms with Crippen LogP contribution >= 0.6 is 0 Å². The van der Waals surface area contributed by atoms with E-state index in [2.05, 4.69) is 69.4 Å². The van der Waals surface area contributed by atoms with Gasteiger partial charge >= 0.3 is 0 Å². The number of carbonyl (C=O) groups excluding carboxylic acids is 1. The van der Waals surface area contributed by atoms with Crippen LogP contribution in [0.4, 0.5) is 0 Å². The van der Waals surface area contributed by atoms with Gasteiger partial charge in [-0.05, 0) is 67.7 Å². The van der Waals surface area contributed by atoms with E-state index in [1.807, 2.05) is 12.1 Å². The minimum absolute atomic E-state index is 0.0512. The Labute approximate surface area is 216 Å². The molecule has 6 nitrogen and oxygen atoms in total. The first-order chi connectivity index (χ1) is 17.3. The molecule has 1 aliphatic carbocycles. The molecule has 2 N–H and O–H groups in total. The molecule has 1 amide bonds. The minimum atomic E-state index is -1.11.